The molecule has 0 N–H and O–H groups in total. The first-order chi connectivity index (χ1) is 7.37. The first-order valence-corrected chi connectivity index (χ1v) is 5.35. The Morgan fingerprint density at radius 1 is 1.44 bits per heavy atom. The van der Waals surface area contributed by atoms with Gasteiger partial charge in [0.1, 0.15) is 0 Å². The molecule has 0 unspecified atom stereocenters. The maximum absolute atomic E-state index is 12.0. The molecule has 0 aromatic carbocycles. The van der Waals surface area contributed by atoms with Gasteiger partial charge >= 0.3 is 6.36 Å². The van der Waals surface area contributed by atoms with Crippen molar-refractivity contribution in [2.24, 2.45) is 0 Å². The van der Waals surface area contributed by atoms with Crippen molar-refractivity contribution in [3.8, 4) is 11.6 Å². The van der Waals surface area contributed by atoms with Crippen LogP contribution in [0.2, 0.25) is 0 Å². The lowest BCUT2D eigenvalue weighted by Crippen LogP contribution is -2.18. The standard InChI is InChI=1S/C9H9BrF3NO2/c1-5-7(16-9(11,12)13)3-6(4-10)8(14-5)15-2/h3H,4H2,1-2H3. The Kier molecular flexibility index (Phi) is 4.01. The Labute approximate surface area is 98.7 Å². The monoisotopic (exact) mass is 299 g/mol. The minimum absolute atomic E-state index is 0.124. The molecule has 0 aliphatic rings. The van der Waals surface area contributed by atoms with Crippen LogP contribution in [0.1, 0.15) is 11.3 Å². The summed E-state index contributed by atoms with van der Waals surface area (Å²) in [6.07, 6.45) is -4.72. The molecule has 0 fully saturated rings. The molecule has 16 heavy (non-hydrogen) atoms. The molecule has 0 radical (unpaired) electrons. The number of nitrogens with zero attached hydrogens (tertiary/aromatic N) is 1. The molecule has 1 aromatic rings. The van der Waals surface area contributed by atoms with E-state index in [1.807, 2.05) is 0 Å². The summed E-state index contributed by atoms with van der Waals surface area (Å²) < 4.78 is 44.9. The third kappa shape index (κ3) is 3.26. The van der Waals surface area contributed by atoms with E-state index >= 15 is 0 Å². The summed E-state index contributed by atoms with van der Waals surface area (Å²) in [5.41, 5.74) is 0.617. The van der Waals surface area contributed by atoms with Crippen molar-refractivity contribution >= 4 is 15.9 Å². The molecule has 0 bridgehead atoms. The summed E-state index contributed by atoms with van der Waals surface area (Å²) in [5.74, 6) is -0.0355. The van der Waals surface area contributed by atoms with Gasteiger partial charge in [0.05, 0.1) is 12.8 Å². The van der Waals surface area contributed by atoms with Crippen molar-refractivity contribution in [1.82, 2.24) is 4.98 Å². The van der Waals surface area contributed by atoms with E-state index in [1.54, 1.807) is 0 Å². The lowest BCUT2D eigenvalue weighted by molar-refractivity contribution is -0.275. The van der Waals surface area contributed by atoms with Gasteiger partial charge in [0.25, 0.3) is 0 Å². The average Bonchev–Trinajstić information content (AvgIpc) is 2.18. The number of aryl methyl sites for hydroxylation is 1. The Bertz CT molecular complexity index is 382. The fourth-order valence-electron chi connectivity index (χ4n) is 1.10. The number of alkyl halides is 4. The van der Waals surface area contributed by atoms with E-state index in [9.17, 15) is 13.2 Å². The molecule has 1 rings (SSSR count). The van der Waals surface area contributed by atoms with Gasteiger partial charge in [-0.15, -0.1) is 13.2 Å². The van der Waals surface area contributed by atoms with Crippen LogP contribution >= 0.6 is 15.9 Å². The van der Waals surface area contributed by atoms with Gasteiger partial charge in [-0.2, -0.15) is 0 Å². The molecule has 90 valence electrons. The molecule has 7 heteroatoms. The van der Waals surface area contributed by atoms with Gasteiger partial charge in [-0.1, -0.05) is 15.9 Å². The summed E-state index contributed by atoms with van der Waals surface area (Å²) >= 11 is 3.13. The van der Waals surface area contributed by atoms with Crippen LogP contribution < -0.4 is 9.47 Å². The van der Waals surface area contributed by atoms with Gasteiger partial charge in [-0.05, 0) is 13.0 Å². The second-order valence-electron chi connectivity index (χ2n) is 2.92. The van der Waals surface area contributed by atoms with E-state index in [2.05, 4.69) is 25.7 Å². The zero-order valence-electron chi connectivity index (χ0n) is 8.56. The Morgan fingerprint density at radius 3 is 2.50 bits per heavy atom. The maximum Gasteiger partial charge on any atom is 0.573 e. The summed E-state index contributed by atoms with van der Waals surface area (Å²) in [7, 11) is 1.40. The summed E-state index contributed by atoms with van der Waals surface area (Å²) in [6.45, 7) is 1.42. The van der Waals surface area contributed by atoms with E-state index in [0.717, 1.165) is 0 Å². The van der Waals surface area contributed by atoms with Gasteiger partial charge in [-0.3, -0.25) is 0 Å². The number of methoxy groups -OCH3 is 1. The highest BCUT2D eigenvalue weighted by Gasteiger charge is 2.32. The second-order valence-corrected chi connectivity index (χ2v) is 3.48. The average molecular weight is 300 g/mol. The summed E-state index contributed by atoms with van der Waals surface area (Å²) in [6, 6.07) is 1.25. The molecule has 0 amide bonds. The number of aromatic nitrogens is 1. The lowest BCUT2D eigenvalue weighted by atomic mass is 10.2. The van der Waals surface area contributed by atoms with Gasteiger partial charge < -0.3 is 9.47 Å². The molecule has 0 aliphatic carbocycles. The molecule has 0 atom stereocenters. The van der Waals surface area contributed by atoms with Gasteiger partial charge in [-0.25, -0.2) is 4.98 Å². The SMILES string of the molecule is COc1nc(C)c(OC(F)(F)F)cc1CBr. The predicted molar refractivity (Wildman–Crippen MR) is 54.8 cm³/mol. The number of ether oxygens (including phenoxy) is 2. The van der Waals surface area contributed by atoms with E-state index < -0.39 is 6.36 Å². The van der Waals surface area contributed by atoms with Gasteiger partial charge in [0.15, 0.2) is 5.75 Å². The number of pyridine rings is 1. The van der Waals surface area contributed by atoms with Crippen LogP contribution in [0.5, 0.6) is 11.6 Å². The van der Waals surface area contributed by atoms with Crippen LogP contribution in [0, 0.1) is 6.92 Å². The van der Waals surface area contributed by atoms with Crippen molar-refractivity contribution in [3.63, 3.8) is 0 Å². The number of halogens is 4. The van der Waals surface area contributed by atoms with Gasteiger partial charge in [0, 0.05) is 10.9 Å². The minimum Gasteiger partial charge on any atom is -0.481 e. The Morgan fingerprint density at radius 2 is 2.06 bits per heavy atom. The maximum atomic E-state index is 12.0. The third-order valence-corrected chi connectivity index (χ3v) is 2.37. The first-order valence-electron chi connectivity index (χ1n) is 4.23. The van der Waals surface area contributed by atoms with Crippen molar-refractivity contribution in [2.45, 2.75) is 18.6 Å². The van der Waals surface area contributed by atoms with Crippen LogP contribution in [-0.4, -0.2) is 18.5 Å². The first kappa shape index (κ1) is 13.1. The zero-order chi connectivity index (χ0) is 12.3. The highest BCUT2D eigenvalue weighted by atomic mass is 79.9. The van der Waals surface area contributed by atoms with Crippen molar-refractivity contribution in [3.05, 3.63) is 17.3 Å². The van der Waals surface area contributed by atoms with Gasteiger partial charge in [0.2, 0.25) is 5.88 Å². The van der Waals surface area contributed by atoms with Crippen molar-refractivity contribution in [2.75, 3.05) is 7.11 Å². The topological polar surface area (TPSA) is 31.4 Å². The molecule has 1 heterocycles. The quantitative estimate of drug-likeness (QED) is 0.803. The van der Waals surface area contributed by atoms with Crippen LogP contribution in [0.15, 0.2) is 6.07 Å². The molecule has 3 nitrogen and oxygen atoms in total. The third-order valence-electron chi connectivity index (χ3n) is 1.77. The molecule has 1 aromatic heterocycles. The highest BCUT2D eigenvalue weighted by molar-refractivity contribution is 9.08. The van der Waals surface area contributed by atoms with Crippen molar-refractivity contribution < 1.29 is 22.6 Å². The number of rotatable bonds is 3. The molecular formula is C9H9BrF3NO2. The van der Waals surface area contributed by atoms with E-state index in [-0.39, 0.29) is 17.3 Å². The molecular weight excluding hydrogens is 291 g/mol. The second kappa shape index (κ2) is 4.90. The normalized spacial score (nSPS) is 11.4. The number of hydrogen-bond donors (Lipinski definition) is 0. The minimum atomic E-state index is -4.72. The zero-order valence-corrected chi connectivity index (χ0v) is 10.1. The van der Waals surface area contributed by atoms with Crippen LogP contribution in [0.4, 0.5) is 13.2 Å². The van der Waals surface area contributed by atoms with Crippen molar-refractivity contribution in [1.29, 1.82) is 0 Å². The molecule has 0 saturated heterocycles. The largest absolute Gasteiger partial charge is 0.573 e. The Balaban J connectivity index is 3.11. The van der Waals surface area contributed by atoms with Crippen LogP contribution in [0.25, 0.3) is 0 Å². The fraction of sp³-hybridized carbons (Fsp3) is 0.444. The van der Waals surface area contributed by atoms with Crippen LogP contribution in [-0.2, 0) is 5.33 Å². The predicted octanol–water partition coefficient (Wildman–Crippen LogP) is 3.19. The van der Waals surface area contributed by atoms with Crippen LogP contribution in [0.3, 0.4) is 0 Å². The summed E-state index contributed by atoms with van der Waals surface area (Å²) in [5, 5.41) is 0.331. The molecule has 0 aliphatic heterocycles. The highest BCUT2D eigenvalue weighted by Crippen LogP contribution is 2.30. The van der Waals surface area contributed by atoms with E-state index in [0.29, 0.717) is 10.9 Å². The molecule has 0 saturated carbocycles. The summed E-state index contributed by atoms with van der Waals surface area (Å²) in [4.78, 5) is 3.87. The number of hydrogen-bond acceptors (Lipinski definition) is 3. The fourth-order valence-corrected chi connectivity index (χ4v) is 1.51. The Hall–Kier alpha value is -0.980. The van der Waals surface area contributed by atoms with E-state index in [4.69, 9.17) is 4.74 Å². The smallest absolute Gasteiger partial charge is 0.481 e. The molecule has 0 spiro atoms. The van der Waals surface area contributed by atoms with E-state index in [1.165, 1.54) is 20.1 Å². The lowest BCUT2D eigenvalue weighted by Gasteiger charge is -2.13.